The normalized spacial score (nSPS) is 22.8. The number of amides is 1. The average Bonchev–Trinajstić information content (AvgIpc) is 3.30. The lowest BCUT2D eigenvalue weighted by atomic mass is 9.78. The summed E-state index contributed by atoms with van der Waals surface area (Å²) in [7, 11) is 0. The first-order valence-electron chi connectivity index (χ1n) is 9.44. The van der Waals surface area contributed by atoms with Crippen molar-refractivity contribution in [2.45, 2.75) is 44.4 Å². The highest BCUT2D eigenvalue weighted by Crippen LogP contribution is 2.31. The molecule has 142 valence electrons. The molecule has 0 bridgehead atoms. The topological polar surface area (TPSA) is 83.8 Å². The maximum absolute atomic E-state index is 12.3. The minimum atomic E-state index is 0.0257. The zero-order chi connectivity index (χ0) is 18.8. The van der Waals surface area contributed by atoms with E-state index in [-0.39, 0.29) is 17.7 Å². The number of aromatic nitrogens is 3. The fourth-order valence-electron chi connectivity index (χ4n) is 3.79. The van der Waals surface area contributed by atoms with Gasteiger partial charge in [0.15, 0.2) is 0 Å². The minimum Gasteiger partial charge on any atom is -0.411 e. The van der Waals surface area contributed by atoms with Crippen molar-refractivity contribution in [3.8, 4) is 11.5 Å². The Hall–Kier alpha value is -2.28. The summed E-state index contributed by atoms with van der Waals surface area (Å²) in [4.78, 5) is 15.5. The molecule has 2 heterocycles. The van der Waals surface area contributed by atoms with E-state index in [1.165, 1.54) is 24.6 Å². The summed E-state index contributed by atoms with van der Waals surface area (Å²) >= 11 is 1.28. The largest absolute Gasteiger partial charge is 0.411 e. The predicted molar refractivity (Wildman–Crippen MR) is 106 cm³/mol. The second-order valence-corrected chi connectivity index (χ2v) is 8.28. The highest BCUT2D eigenvalue weighted by atomic mass is 32.2. The average molecular weight is 385 g/mol. The Morgan fingerprint density at radius 2 is 2.15 bits per heavy atom. The maximum Gasteiger partial charge on any atom is 0.277 e. The van der Waals surface area contributed by atoms with Gasteiger partial charge in [0.1, 0.15) is 0 Å². The predicted octanol–water partition coefficient (Wildman–Crippen LogP) is 4.25. The van der Waals surface area contributed by atoms with Crippen molar-refractivity contribution in [1.82, 2.24) is 20.5 Å². The van der Waals surface area contributed by atoms with Gasteiger partial charge in [-0.15, -0.1) is 10.2 Å². The number of para-hydroxylation sites is 1. The van der Waals surface area contributed by atoms with Crippen LogP contribution in [0.4, 0.5) is 0 Å². The third-order valence-electron chi connectivity index (χ3n) is 5.61. The van der Waals surface area contributed by atoms with E-state index in [1.807, 2.05) is 30.5 Å². The van der Waals surface area contributed by atoms with E-state index in [4.69, 9.17) is 4.42 Å². The molecule has 1 aromatic carbocycles. The SMILES string of the molecule is C[C@@H]1[C@H](C)CCC[C@@H]1NC(=O)CSc1nnc(-c2c[nH]c3ccccc23)o1. The molecule has 0 unspecified atom stereocenters. The van der Waals surface area contributed by atoms with E-state index in [1.54, 1.807) is 0 Å². The van der Waals surface area contributed by atoms with Crippen LogP contribution < -0.4 is 5.32 Å². The van der Waals surface area contributed by atoms with Crippen LogP contribution in [0.1, 0.15) is 33.1 Å². The zero-order valence-electron chi connectivity index (χ0n) is 15.6. The van der Waals surface area contributed by atoms with Crippen molar-refractivity contribution >= 4 is 28.6 Å². The third kappa shape index (κ3) is 3.88. The number of carbonyl (C=O) groups excluding carboxylic acids is 1. The maximum atomic E-state index is 12.3. The number of aromatic amines is 1. The van der Waals surface area contributed by atoms with Gasteiger partial charge in [0, 0.05) is 23.1 Å². The van der Waals surface area contributed by atoms with E-state index in [2.05, 4.69) is 34.3 Å². The molecule has 3 aromatic rings. The number of fused-ring (bicyclic) bond motifs is 1. The third-order valence-corrected chi connectivity index (χ3v) is 6.42. The number of benzene rings is 1. The fourth-order valence-corrected chi connectivity index (χ4v) is 4.36. The second-order valence-electron chi connectivity index (χ2n) is 7.35. The molecular formula is C20H24N4O2S. The van der Waals surface area contributed by atoms with E-state index >= 15 is 0 Å². The van der Waals surface area contributed by atoms with E-state index in [0.29, 0.717) is 22.9 Å². The van der Waals surface area contributed by atoms with Gasteiger partial charge in [0.05, 0.1) is 11.3 Å². The van der Waals surface area contributed by atoms with Crippen LogP contribution in [0.5, 0.6) is 0 Å². The van der Waals surface area contributed by atoms with Gasteiger partial charge in [-0.25, -0.2) is 0 Å². The van der Waals surface area contributed by atoms with Crippen LogP contribution in [0.15, 0.2) is 40.1 Å². The molecule has 0 radical (unpaired) electrons. The summed E-state index contributed by atoms with van der Waals surface area (Å²) in [5.74, 6) is 1.95. The molecule has 27 heavy (non-hydrogen) atoms. The molecule has 2 N–H and O–H groups in total. The highest BCUT2D eigenvalue weighted by Gasteiger charge is 2.28. The lowest BCUT2D eigenvalue weighted by Crippen LogP contribution is -2.44. The quantitative estimate of drug-likeness (QED) is 0.643. The van der Waals surface area contributed by atoms with Gasteiger partial charge in [-0.3, -0.25) is 4.79 Å². The summed E-state index contributed by atoms with van der Waals surface area (Å²) in [6, 6.07) is 8.24. The number of thioether (sulfide) groups is 1. The van der Waals surface area contributed by atoms with Gasteiger partial charge in [0.25, 0.3) is 11.1 Å². The molecule has 1 fully saturated rings. The number of carbonyl (C=O) groups is 1. The Bertz CT molecular complexity index is 935. The van der Waals surface area contributed by atoms with Crippen molar-refractivity contribution in [1.29, 1.82) is 0 Å². The van der Waals surface area contributed by atoms with Gasteiger partial charge in [-0.05, 0) is 24.3 Å². The van der Waals surface area contributed by atoms with Gasteiger partial charge in [-0.1, -0.05) is 56.7 Å². The molecule has 1 saturated carbocycles. The molecule has 0 aliphatic heterocycles. The summed E-state index contributed by atoms with van der Waals surface area (Å²) in [5, 5.41) is 12.8. The molecule has 2 aromatic heterocycles. The second kappa shape index (κ2) is 7.76. The van der Waals surface area contributed by atoms with Crippen LogP contribution in [-0.2, 0) is 4.79 Å². The molecule has 7 heteroatoms. The minimum absolute atomic E-state index is 0.0257. The van der Waals surface area contributed by atoms with E-state index in [0.717, 1.165) is 22.9 Å². The van der Waals surface area contributed by atoms with Gasteiger partial charge < -0.3 is 14.7 Å². The van der Waals surface area contributed by atoms with Gasteiger partial charge >= 0.3 is 0 Å². The lowest BCUT2D eigenvalue weighted by Gasteiger charge is -2.34. The van der Waals surface area contributed by atoms with E-state index < -0.39 is 0 Å². The Morgan fingerprint density at radius 3 is 3.04 bits per heavy atom. The number of nitrogens with zero attached hydrogens (tertiary/aromatic N) is 2. The molecule has 4 rings (SSSR count). The summed E-state index contributed by atoms with van der Waals surface area (Å²) < 4.78 is 5.76. The van der Waals surface area contributed by atoms with Gasteiger partial charge in [0.2, 0.25) is 5.91 Å². The Labute approximate surface area is 162 Å². The Morgan fingerprint density at radius 1 is 1.30 bits per heavy atom. The molecule has 1 aliphatic carbocycles. The Balaban J connectivity index is 1.36. The molecule has 0 spiro atoms. The van der Waals surface area contributed by atoms with Crippen molar-refractivity contribution in [3.63, 3.8) is 0 Å². The number of rotatable bonds is 5. The molecule has 1 amide bonds. The van der Waals surface area contributed by atoms with Gasteiger partial charge in [-0.2, -0.15) is 0 Å². The highest BCUT2D eigenvalue weighted by molar-refractivity contribution is 7.99. The van der Waals surface area contributed by atoms with Crippen LogP contribution >= 0.6 is 11.8 Å². The smallest absolute Gasteiger partial charge is 0.277 e. The van der Waals surface area contributed by atoms with Crippen LogP contribution in [0, 0.1) is 11.8 Å². The number of hydrogen-bond donors (Lipinski definition) is 2. The first-order chi connectivity index (χ1) is 13.1. The van der Waals surface area contributed by atoms with Crippen LogP contribution in [0.2, 0.25) is 0 Å². The van der Waals surface area contributed by atoms with E-state index in [9.17, 15) is 4.79 Å². The number of hydrogen-bond acceptors (Lipinski definition) is 5. The summed E-state index contributed by atoms with van der Waals surface area (Å²) in [6.45, 7) is 4.50. The summed E-state index contributed by atoms with van der Waals surface area (Å²) in [5.41, 5.74) is 1.90. The van der Waals surface area contributed by atoms with Crippen LogP contribution in [0.3, 0.4) is 0 Å². The zero-order valence-corrected chi connectivity index (χ0v) is 16.4. The number of nitrogens with one attached hydrogen (secondary N) is 2. The summed E-state index contributed by atoms with van der Waals surface area (Å²) in [6.07, 6.45) is 5.36. The molecule has 6 nitrogen and oxygen atoms in total. The van der Waals surface area contributed by atoms with Crippen molar-refractivity contribution in [3.05, 3.63) is 30.5 Å². The molecular weight excluding hydrogens is 360 g/mol. The monoisotopic (exact) mass is 384 g/mol. The first kappa shape index (κ1) is 18.1. The number of H-pyrrole nitrogens is 1. The van der Waals surface area contributed by atoms with Crippen molar-refractivity contribution in [2.24, 2.45) is 11.8 Å². The Kier molecular flexibility index (Phi) is 5.20. The van der Waals surface area contributed by atoms with Crippen LogP contribution in [-0.4, -0.2) is 32.9 Å². The molecule has 0 saturated heterocycles. The van der Waals surface area contributed by atoms with Crippen molar-refractivity contribution in [2.75, 3.05) is 5.75 Å². The first-order valence-corrected chi connectivity index (χ1v) is 10.4. The standard InChI is InChI=1S/C20H24N4O2S/c1-12-6-5-9-16(13(12)2)22-18(25)11-27-20-24-23-19(26-20)15-10-21-17-8-4-3-7-14(15)17/h3-4,7-8,10,12-13,16,21H,5-6,9,11H2,1-2H3,(H,22,25)/t12-,13-,16+/m1/s1. The molecule has 3 atom stereocenters. The molecule has 1 aliphatic rings. The lowest BCUT2D eigenvalue weighted by molar-refractivity contribution is -0.120. The van der Waals surface area contributed by atoms with Crippen molar-refractivity contribution < 1.29 is 9.21 Å². The van der Waals surface area contributed by atoms with Crippen LogP contribution in [0.25, 0.3) is 22.4 Å². The fraction of sp³-hybridized carbons (Fsp3) is 0.450.